The molecular weight excluding hydrogens is 211 g/mol. The summed E-state index contributed by atoms with van der Waals surface area (Å²) in [6, 6.07) is 4.98. The van der Waals surface area contributed by atoms with Gasteiger partial charge in [0.25, 0.3) is 0 Å². The fourth-order valence-electron chi connectivity index (χ4n) is 1.19. The van der Waals surface area contributed by atoms with Crippen LogP contribution in [0, 0.1) is 12.7 Å². The first-order valence-electron chi connectivity index (χ1n) is 4.66. The maximum absolute atomic E-state index is 13.3. The highest BCUT2D eigenvalue weighted by molar-refractivity contribution is 8.13. The molecule has 0 aliphatic carbocycles. The molecule has 0 heterocycles. The van der Waals surface area contributed by atoms with E-state index >= 15 is 0 Å². The third-order valence-electron chi connectivity index (χ3n) is 1.94. The van der Waals surface area contributed by atoms with Crippen LogP contribution in [0.1, 0.15) is 18.1 Å². The molecule has 1 rings (SSSR count). The minimum atomic E-state index is -0.223. The normalized spacial score (nSPS) is 10.9. The lowest BCUT2D eigenvalue weighted by Crippen LogP contribution is -1.87. The first-order valence-corrected chi connectivity index (χ1v) is 5.65. The molecule has 0 aromatic heterocycles. The summed E-state index contributed by atoms with van der Waals surface area (Å²) < 4.78 is 13.3. The highest BCUT2D eigenvalue weighted by Crippen LogP contribution is 2.14. The van der Waals surface area contributed by atoms with Crippen LogP contribution in [0.2, 0.25) is 0 Å². The first-order chi connectivity index (χ1) is 7.11. The van der Waals surface area contributed by atoms with Crippen molar-refractivity contribution in [3.05, 3.63) is 41.2 Å². The van der Waals surface area contributed by atoms with Gasteiger partial charge in [-0.1, -0.05) is 36.0 Å². The van der Waals surface area contributed by atoms with Gasteiger partial charge >= 0.3 is 0 Å². The van der Waals surface area contributed by atoms with E-state index in [1.165, 1.54) is 24.8 Å². The number of halogens is 1. The molecule has 0 spiro atoms. The maximum Gasteiger partial charge on any atom is 0.186 e. The van der Waals surface area contributed by atoms with E-state index in [4.69, 9.17) is 0 Å². The van der Waals surface area contributed by atoms with Gasteiger partial charge in [-0.3, -0.25) is 4.79 Å². The predicted octanol–water partition coefficient (Wildman–Crippen LogP) is 3.43. The molecule has 80 valence electrons. The van der Waals surface area contributed by atoms with Gasteiger partial charge in [0.2, 0.25) is 0 Å². The lowest BCUT2D eigenvalue weighted by Gasteiger charge is -2.00. The average Bonchev–Trinajstić information content (AvgIpc) is 2.15. The minimum absolute atomic E-state index is 0.0740. The Labute approximate surface area is 93.4 Å². The SMILES string of the molecule is CC(=O)SCC=Cc1c(C)cccc1F. The monoisotopic (exact) mass is 224 g/mol. The third-order valence-corrected chi connectivity index (χ3v) is 2.70. The Bertz CT molecular complexity index is 365. The van der Waals surface area contributed by atoms with Gasteiger partial charge < -0.3 is 0 Å². The van der Waals surface area contributed by atoms with Crippen LogP contribution < -0.4 is 0 Å². The average molecular weight is 224 g/mol. The molecule has 15 heavy (non-hydrogen) atoms. The summed E-state index contributed by atoms with van der Waals surface area (Å²) in [6.45, 7) is 3.38. The number of benzene rings is 1. The van der Waals surface area contributed by atoms with E-state index in [-0.39, 0.29) is 10.9 Å². The van der Waals surface area contributed by atoms with Gasteiger partial charge in [-0.15, -0.1) is 0 Å². The van der Waals surface area contributed by atoms with Crippen molar-refractivity contribution in [1.29, 1.82) is 0 Å². The minimum Gasteiger partial charge on any atom is -0.288 e. The van der Waals surface area contributed by atoms with E-state index in [1.54, 1.807) is 18.2 Å². The molecule has 0 unspecified atom stereocenters. The van der Waals surface area contributed by atoms with Crippen LogP contribution >= 0.6 is 11.8 Å². The van der Waals surface area contributed by atoms with Gasteiger partial charge in [-0.25, -0.2) is 4.39 Å². The molecule has 1 aromatic carbocycles. The maximum atomic E-state index is 13.3. The van der Waals surface area contributed by atoms with Crippen LogP contribution in [-0.2, 0) is 4.79 Å². The summed E-state index contributed by atoms with van der Waals surface area (Å²) in [7, 11) is 0. The number of carbonyl (C=O) groups excluding carboxylic acids is 1. The van der Waals surface area contributed by atoms with Crippen molar-refractivity contribution in [2.75, 3.05) is 5.75 Å². The molecule has 0 saturated carbocycles. The summed E-state index contributed by atoms with van der Waals surface area (Å²) in [5.41, 5.74) is 1.50. The van der Waals surface area contributed by atoms with Crippen LogP contribution in [0.15, 0.2) is 24.3 Å². The highest BCUT2D eigenvalue weighted by Gasteiger charge is 2.00. The molecule has 0 aliphatic heterocycles. The van der Waals surface area contributed by atoms with E-state index in [2.05, 4.69) is 0 Å². The largest absolute Gasteiger partial charge is 0.288 e. The highest BCUT2D eigenvalue weighted by atomic mass is 32.2. The van der Waals surface area contributed by atoms with Gasteiger partial charge in [0.1, 0.15) is 5.82 Å². The summed E-state index contributed by atoms with van der Waals surface area (Å²) in [5.74, 6) is 0.363. The number of carbonyl (C=O) groups is 1. The Morgan fingerprint density at radius 3 is 2.87 bits per heavy atom. The van der Waals surface area contributed by atoms with E-state index in [9.17, 15) is 9.18 Å². The van der Waals surface area contributed by atoms with Gasteiger partial charge in [0, 0.05) is 18.2 Å². The van der Waals surface area contributed by atoms with Crippen molar-refractivity contribution in [3.63, 3.8) is 0 Å². The van der Waals surface area contributed by atoms with E-state index in [1.807, 2.05) is 13.0 Å². The Morgan fingerprint density at radius 2 is 2.27 bits per heavy atom. The second-order valence-electron chi connectivity index (χ2n) is 3.18. The molecule has 1 aromatic rings. The summed E-state index contributed by atoms with van der Waals surface area (Å²) in [6.07, 6.45) is 3.53. The third kappa shape index (κ3) is 3.88. The lowest BCUT2D eigenvalue weighted by atomic mass is 10.1. The summed E-state index contributed by atoms with van der Waals surface area (Å²) in [5, 5.41) is 0.0740. The van der Waals surface area contributed by atoms with E-state index in [0.717, 1.165) is 5.56 Å². The number of aryl methyl sites for hydroxylation is 1. The van der Waals surface area contributed by atoms with Crippen LogP contribution in [0.25, 0.3) is 6.08 Å². The molecule has 1 nitrogen and oxygen atoms in total. The molecule has 3 heteroatoms. The van der Waals surface area contributed by atoms with Crippen LogP contribution in [0.3, 0.4) is 0 Å². The molecule has 0 aliphatic rings. The second kappa shape index (κ2) is 5.71. The van der Waals surface area contributed by atoms with E-state index < -0.39 is 0 Å². The number of hydrogen-bond donors (Lipinski definition) is 0. The first kappa shape index (κ1) is 12.0. The quantitative estimate of drug-likeness (QED) is 0.782. The van der Waals surface area contributed by atoms with Crippen molar-refractivity contribution in [2.24, 2.45) is 0 Å². The van der Waals surface area contributed by atoms with Crippen LogP contribution in [0.4, 0.5) is 4.39 Å². The van der Waals surface area contributed by atoms with Crippen molar-refractivity contribution in [1.82, 2.24) is 0 Å². The molecule has 0 amide bonds. The fourth-order valence-corrected chi connectivity index (χ4v) is 1.61. The van der Waals surface area contributed by atoms with Crippen LogP contribution in [0.5, 0.6) is 0 Å². The Balaban J connectivity index is 2.67. The van der Waals surface area contributed by atoms with Crippen molar-refractivity contribution >= 4 is 23.0 Å². The zero-order valence-corrected chi connectivity index (χ0v) is 9.60. The zero-order valence-electron chi connectivity index (χ0n) is 8.79. The number of thioether (sulfide) groups is 1. The van der Waals surface area contributed by atoms with Gasteiger partial charge in [-0.2, -0.15) is 0 Å². The predicted molar refractivity (Wildman–Crippen MR) is 63.3 cm³/mol. The Morgan fingerprint density at radius 1 is 1.53 bits per heavy atom. The van der Waals surface area contributed by atoms with Gasteiger partial charge in [-0.05, 0) is 18.6 Å². The number of rotatable bonds is 3. The molecule has 0 bridgehead atoms. The topological polar surface area (TPSA) is 17.1 Å². The zero-order chi connectivity index (χ0) is 11.3. The Kier molecular flexibility index (Phi) is 4.56. The van der Waals surface area contributed by atoms with Gasteiger partial charge in [0.15, 0.2) is 5.12 Å². The standard InChI is InChI=1S/C12H13FOS/c1-9-5-3-7-12(13)11(9)6-4-8-15-10(2)14/h3-7H,8H2,1-2H3. The molecule has 0 fully saturated rings. The molecule has 0 radical (unpaired) electrons. The smallest absolute Gasteiger partial charge is 0.186 e. The summed E-state index contributed by atoms with van der Waals surface area (Å²) in [4.78, 5) is 10.6. The van der Waals surface area contributed by atoms with E-state index in [0.29, 0.717) is 11.3 Å². The van der Waals surface area contributed by atoms with Crippen molar-refractivity contribution < 1.29 is 9.18 Å². The molecular formula is C12H13FOS. The van der Waals surface area contributed by atoms with Crippen molar-refractivity contribution in [3.8, 4) is 0 Å². The van der Waals surface area contributed by atoms with Gasteiger partial charge in [0.05, 0.1) is 0 Å². The van der Waals surface area contributed by atoms with Crippen molar-refractivity contribution in [2.45, 2.75) is 13.8 Å². The lowest BCUT2D eigenvalue weighted by molar-refractivity contribution is -0.109. The molecule has 0 atom stereocenters. The fraction of sp³-hybridized carbons (Fsp3) is 0.250. The van der Waals surface area contributed by atoms with Crippen LogP contribution in [-0.4, -0.2) is 10.9 Å². The molecule has 0 saturated heterocycles. The Hall–Kier alpha value is -1.09. The summed E-state index contributed by atoms with van der Waals surface area (Å²) >= 11 is 1.21. The molecule has 0 N–H and O–H groups in total. The number of hydrogen-bond acceptors (Lipinski definition) is 2. The second-order valence-corrected chi connectivity index (χ2v) is 4.37.